The second-order valence-electron chi connectivity index (χ2n) is 7.22. The van der Waals surface area contributed by atoms with Crippen molar-refractivity contribution in [1.82, 2.24) is 15.1 Å². The quantitative estimate of drug-likeness (QED) is 0.596. The SMILES string of the molecule is C=C(/N=C\N=C1CCC=CN1)N1CCCC2(CC(C)N2C(=O)CC#N)C1.CC. The molecular formula is C21H32N6O. The van der Waals surface area contributed by atoms with Gasteiger partial charge in [0.15, 0.2) is 0 Å². The number of nitrogens with zero attached hydrogens (tertiary/aromatic N) is 5. The van der Waals surface area contributed by atoms with Crippen LogP contribution in [0.4, 0.5) is 0 Å². The van der Waals surface area contributed by atoms with Gasteiger partial charge >= 0.3 is 0 Å². The number of amidine groups is 1. The molecule has 1 amide bonds. The van der Waals surface area contributed by atoms with Crippen LogP contribution in [-0.2, 0) is 4.79 Å². The summed E-state index contributed by atoms with van der Waals surface area (Å²) in [5, 5.41) is 12.0. The molecule has 1 spiro atoms. The lowest BCUT2D eigenvalue weighted by molar-refractivity contribution is -0.161. The molecule has 28 heavy (non-hydrogen) atoms. The summed E-state index contributed by atoms with van der Waals surface area (Å²) in [5.74, 6) is 1.51. The van der Waals surface area contributed by atoms with Crippen molar-refractivity contribution >= 4 is 18.1 Å². The van der Waals surface area contributed by atoms with Crippen LogP contribution in [0, 0.1) is 11.3 Å². The molecule has 3 rings (SSSR count). The summed E-state index contributed by atoms with van der Waals surface area (Å²) in [6.45, 7) is 11.7. The summed E-state index contributed by atoms with van der Waals surface area (Å²) >= 11 is 0. The molecule has 2 unspecified atom stereocenters. The highest BCUT2D eigenvalue weighted by atomic mass is 16.2. The van der Waals surface area contributed by atoms with Gasteiger partial charge in [0, 0.05) is 25.6 Å². The number of aliphatic imine (C=N–C) groups is 2. The molecule has 1 N–H and O–H groups in total. The molecule has 0 aromatic heterocycles. The number of hydrogen-bond donors (Lipinski definition) is 1. The van der Waals surface area contributed by atoms with Gasteiger partial charge in [-0.05, 0) is 38.8 Å². The molecule has 152 valence electrons. The Morgan fingerprint density at radius 3 is 2.96 bits per heavy atom. The molecule has 0 bridgehead atoms. The first-order valence-electron chi connectivity index (χ1n) is 10.2. The standard InChI is InChI=1S/C19H26N6O.C2H6/c1-15-12-19(25(15)18(26)7-9-20)8-5-11-24(13-19)16(2)22-14-23-17-6-3-4-10-21-17;1-2/h4,10,14-15H,2-3,5-8,11-13H2,1H3,(H,21,22,23);1-2H3. The van der Waals surface area contributed by atoms with E-state index in [-0.39, 0.29) is 23.9 Å². The number of nitrogens with one attached hydrogen (secondary N) is 1. The first-order valence-corrected chi connectivity index (χ1v) is 10.2. The van der Waals surface area contributed by atoms with Crippen LogP contribution in [0.3, 0.4) is 0 Å². The van der Waals surface area contributed by atoms with Crippen LogP contribution in [0.15, 0.2) is 34.7 Å². The minimum Gasteiger partial charge on any atom is -0.355 e. The number of carbonyl (C=O) groups excluding carboxylic acids is 1. The van der Waals surface area contributed by atoms with Crippen molar-refractivity contribution in [3.05, 3.63) is 24.7 Å². The van der Waals surface area contributed by atoms with E-state index in [9.17, 15) is 4.79 Å². The fourth-order valence-corrected chi connectivity index (χ4v) is 4.33. The largest absolute Gasteiger partial charge is 0.355 e. The number of amides is 1. The molecule has 2 atom stereocenters. The number of rotatable bonds is 4. The van der Waals surface area contributed by atoms with Gasteiger partial charge in [-0.1, -0.05) is 26.5 Å². The molecule has 7 heteroatoms. The zero-order valence-corrected chi connectivity index (χ0v) is 17.3. The predicted molar refractivity (Wildman–Crippen MR) is 113 cm³/mol. The second kappa shape index (κ2) is 10.1. The van der Waals surface area contributed by atoms with Gasteiger partial charge in [0.05, 0.1) is 11.6 Å². The van der Waals surface area contributed by atoms with E-state index in [1.165, 1.54) is 0 Å². The number of piperidine rings is 1. The van der Waals surface area contributed by atoms with Gasteiger partial charge in [-0.3, -0.25) is 4.79 Å². The van der Waals surface area contributed by atoms with E-state index in [0.29, 0.717) is 5.82 Å². The van der Waals surface area contributed by atoms with Crippen molar-refractivity contribution in [1.29, 1.82) is 5.26 Å². The Balaban J connectivity index is 0.00000136. The highest BCUT2D eigenvalue weighted by molar-refractivity contribution is 5.90. The minimum absolute atomic E-state index is 0.0515. The molecule has 0 saturated carbocycles. The summed E-state index contributed by atoms with van der Waals surface area (Å²) in [7, 11) is 0. The molecule has 3 aliphatic rings. The van der Waals surface area contributed by atoms with E-state index in [1.54, 1.807) is 6.34 Å². The van der Waals surface area contributed by atoms with E-state index >= 15 is 0 Å². The third-order valence-electron chi connectivity index (χ3n) is 5.38. The van der Waals surface area contributed by atoms with Crippen molar-refractivity contribution in [2.45, 2.75) is 70.9 Å². The number of hydrogen-bond acceptors (Lipinski definition) is 4. The summed E-state index contributed by atoms with van der Waals surface area (Å²) in [6.07, 6.45) is 10.3. The summed E-state index contributed by atoms with van der Waals surface area (Å²) < 4.78 is 0. The highest BCUT2D eigenvalue weighted by Gasteiger charge is 2.53. The third kappa shape index (κ3) is 4.80. The average Bonchev–Trinajstić information content (AvgIpc) is 2.70. The Labute approximate surface area is 168 Å². The minimum atomic E-state index is -0.175. The lowest BCUT2D eigenvalue weighted by atomic mass is 9.73. The van der Waals surface area contributed by atoms with Crippen LogP contribution in [0.1, 0.15) is 59.3 Å². The third-order valence-corrected chi connectivity index (χ3v) is 5.38. The average molecular weight is 385 g/mol. The predicted octanol–water partition coefficient (Wildman–Crippen LogP) is 3.18. The number of allylic oxidation sites excluding steroid dienone is 1. The van der Waals surface area contributed by atoms with Crippen molar-refractivity contribution < 1.29 is 4.79 Å². The van der Waals surface area contributed by atoms with Crippen LogP contribution in [-0.4, -0.2) is 52.6 Å². The maximum atomic E-state index is 12.3. The Morgan fingerprint density at radius 2 is 2.32 bits per heavy atom. The number of likely N-dealkylation sites (tertiary alicyclic amines) is 2. The van der Waals surface area contributed by atoms with Crippen LogP contribution < -0.4 is 5.32 Å². The van der Waals surface area contributed by atoms with Gasteiger partial charge in [-0.15, -0.1) is 0 Å². The second-order valence-corrected chi connectivity index (χ2v) is 7.22. The van der Waals surface area contributed by atoms with E-state index in [2.05, 4.69) is 32.9 Å². The summed E-state index contributed by atoms with van der Waals surface area (Å²) in [5.41, 5.74) is -0.175. The zero-order valence-electron chi connectivity index (χ0n) is 17.3. The van der Waals surface area contributed by atoms with Crippen LogP contribution in [0.2, 0.25) is 0 Å². The Hall–Kier alpha value is -2.62. The van der Waals surface area contributed by atoms with Gasteiger partial charge in [0.1, 0.15) is 24.4 Å². The monoisotopic (exact) mass is 384 g/mol. The van der Waals surface area contributed by atoms with E-state index < -0.39 is 0 Å². The van der Waals surface area contributed by atoms with E-state index in [1.807, 2.05) is 37.9 Å². The molecule has 0 aromatic rings. The number of nitriles is 1. The molecular weight excluding hydrogens is 352 g/mol. The first-order chi connectivity index (χ1) is 13.6. The zero-order chi connectivity index (χ0) is 20.6. The van der Waals surface area contributed by atoms with Crippen molar-refractivity contribution in [3.8, 4) is 6.07 Å². The lowest BCUT2D eigenvalue weighted by Crippen LogP contribution is -2.71. The van der Waals surface area contributed by atoms with Gasteiger partial charge in [-0.25, -0.2) is 9.98 Å². The molecule has 0 aliphatic carbocycles. The Kier molecular flexibility index (Phi) is 7.80. The molecule has 0 radical (unpaired) electrons. The van der Waals surface area contributed by atoms with Crippen molar-refractivity contribution in [2.75, 3.05) is 13.1 Å². The Bertz CT molecular complexity index is 700. The van der Waals surface area contributed by atoms with Gasteiger partial charge < -0.3 is 15.1 Å². The summed E-state index contributed by atoms with van der Waals surface area (Å²) in [6, 6.07) is 2.18. The smallest absolute Gasteiger partial charge is 0.237 e. The van der Waals surface area contributed by atoms with Gasteiger partial charge in [-0.2, -0.15) is 5.26 Å². The van der Waals surface area contributed by atoms with Gasteiger partial charge in [0.2, 0.25) is 5.91 Å². The molecule has 2 saturated heterocycles. The Morgan fingerprint density at radius 1 is 1.54 bits per heavy atom. The summed E-state index contributed by atoms with van der Waals surface area (Å²) in [4.78, 5) is 25.1. The van der Waals surface area contributed by atoms with E-state index in [0.717, 1.165) is 51.0 Å². The van der Waals surface area contributed by atoms with Crippen LogP contribution in [0.25, 0.3) is 0 Å². The van der Waals surface area contributed by atoms with Gasteiger partial charge in [0.25, 0.3) is 0 Å². The maximum absolute atomic E-state index is 12.3. The van der Waals surface area contributed by atoms with Crippen LogP contribution in [0.5, 0.6) is 0 Å². The normalized spacial score (nSPS) is 27.6. The molecule has 3 aliphatic heterocycles. The maximum Gasteiger partial charge on any atom is 0.237 e. The molecule has 3 heterocycles. The lowest BCUT2D eigenvalue weighted by Gasteiger charge is -2.61. The molecule has 2 fully saturated rings. The fourth-order valence-electron chi connectivity index (χ4n) is 4.33. The highest BCUT2D eigenvalue weighted by Crippen LogP contribution is 2.44. The van der Waals surface area contributed by atoms with E-state index in [4.69, 9.17) is 5.26 Å². The molecule has 7 nitrogen and oxygen atoms in total. The molecule has 0 aromatic carbocycles. The fraction of sp³-hybridized carbons (Fsp3) is 0.619. The first kappa shape index (κ1) is 21.7. The number of carbonyl (C=O) groups is 1. The van der Waals surface area contributed by atoms with Crippen molar-refractivity contribution in [3.63, 3.8) is 0 Å². The topological polar surface area (TPSA) is 84.1 Å². The van der Waals surface area contributed by atoms with Crippen molar-refractivity contribution in [2.24, 2.45) is 9.98 Å². The van der Waals surface area contributed by atoms with Crippen LogP contribution >= 0.6 is 0 Å².